The fraction of sp³-hybridized carbons (Fsp3) is 0.158. The van der Waals surface area contributed by atoms with Gasteiger partial charge >= 0.3 is 0 Å². The summed E-state index contributed by atoms with van der Waals surface area (Å²) in [4.78, 5) is 2.83. The number of hydrogen-bond donors (Lipinski definition) is 0. The molecule has 0 saturated carbocycles. The van der Waals surface area contributed by atoms with Crippen molar-refractivity contribution in [2.75, 3.05) is 6.54 Å². The van der Waals surface area contributed by atoms with E-state index in [0.29, 0.717) is 6.54 Å². The molecule has 0 aromatic heterocycles. The summed E-state index contributed by atoms with van der Waals surface area (Å²) in [6.45, 7) is 0.361. The van der Waals surface area contributed by atoms with Gasteiger partial charge in [0, 0.05) is 16.9 Å². The van der Waals surface area contributed by atoms with Gasteiger partial charge in [0.2, 0.25) is 0 Å². The SMILES string of the molecule is [N-]=[N+]=NCC1Cc2cccc(-c3cccc4ccccc34)c2O1. The highest BCUT2D eigenvalue weighted by Gasteiger charge is 2.25. The topological polar surface area (TPSA) is 58.0 Å². The standard InChI is InChI=1S/C19H15N3O/c20-22-21-12-15-11-14-7-4-10-18(19(14)23-15)17-9-3-6-13-5-1-2-8-16(13)17/h1-10,15H,11-12H2. The van der Waals surface area contributed by atoms with Gasteiger partial charge in [0.1, 0.15) is 11.9 Å². The third-order valence-electron chi connectivity index (χ3n) is 4.26. The van der Waals surface area contributed by atoms with E-state index in [1.54, 1.807) is 0 Å². The Labute approximate surface area is 134 Å². The molecule has 0 saturated heterocycles. The van der Waals surface area contributed by atoms with Crippen molar-refractivity contribution in [3.8, 4) is 16.9 Å². The second-order valence-corrected chi connectivity index (χ2v) is 5.68. The molecule has 3 aromatic carbocycles. The molecule has 3 aromatic rings. The fourth-order valence-corrected chi connectivity index (χ4v) is 3.24. The molecule has 0 radical (unpaired) electrons. The van der Waals surface area contributed by atoms with Crippen molar-refractivity contribution in [1.82, 2.24) is 0 Å². The van der Waals surface area contributed by atoms with Gasteiger partial charge in [-0.1, -0.05) is 65.8 Å². The average Bonchev–Trinajstić information content (AvgIpc) is 3.02. The van der Waals surface area contributed by atoms with Gasteiger partial charge in [0.15, 0.2) is 0 Å². The summed E-state index contributed by atoms with van der Waals surface area (Å²) >= 11 is 0. The van der Waals surface area contributed by atoms with Crippen LogP contribution in [0.1, 0.15) is 5.56 Å². The monoisotopic (exact) mass is 301 g/mol. The number of rotatable bonds is 3. The molecule has 0 bridgehead atoms. The van der Waals surface area contributed by atoms with Crippen LogP contribution in [0.25, 0.3) is 32.3 Å². The molecule has 4 rings (SSSR count). The van der Waals surface area contributed by atoms with E-state index >= 15 is 0 Å². The molecule has 1 atom stereocenters. The Bertz CT molecular complexity index is 924. The lowest BCUT2D eigenvalue weighted by atomic mass is 9.96. The van der Waals surface area contributed by atoms with Crippen LogP contribution < -0.4 is 4.74 Å². The molecule has 0 fully saturated rings. The molecule has 0 N–H and O–H groups in total. The third-order valence-corrected chi connectivity index (χ3v) is 4.26. The van der Waals surface area contributed by atoms with E-state index in [0.717, 1.165) is 17.7 Å². The quantitative estimate of drug-likeness (QED) is 0.376. The van der Waals surface area contributed by atoms with Gasteiger partial charge in [-0.15, -0.1) is 0 Å². The van der Waals surface area contributed by atoms with Crippen LogP contribution >= 0.6 is 0 Å². The number of fused-ring (bicyclic) bond motifs is 2. The van der Waals surface area contributed by atoms with Crippen LogP contribution in [0, 0.1) is 0 Å². The summed E-state index contributed by atoms with van der Waals surface area (Å²) in [6.07, 6.45) is 0.712. The van der Waals surface area contributed by atoms with Crippen LogP contribution in [-0.4, -0.2) is 12.6 Å². The average molecular weight is 301 g/mol. The van der Waals surface area contributed by atoms with Crippen LogP contribution in [0.15, 0.2) is 65.8 Å². The highest BCUT2D eigenvalue weighted by Crippen LogP contribution is 2.41. The molecule has 4 heteroatoms. The van der Waals surface area contributed by atoms with Crippen LogP contribution in [0.5, 0.6) is 5.75 Å². The molecule has 4 nitrogen and oxygen atoms in total. The van der Waals surface area contributed by atoms with Crippen molar-refractivity contribution in [1.29, 1.82) is 0 Å². The van der Waals surface area contributed by atoms with E-state index in [1.165, 1.54) is 21.9 Å². The normalized spacial score (nSPS) is 15.7. The first kappa shape index (κ1) is 13.7. The van der Waals surface area contributed by atoms with Crippen LogP contribution in [0.3, 0.4) is 0 Å². The maximum atomic E-state index is 8.50. The predicted octanol–water partition coefficient (Wildman–Crippen LogP) is 5.12. The zero-order chi connectivity index (χ0) is 15.6. The smallest absolute Gasteiger partial charge is 0.130 e. The molecule has 0 spiro atoms. The van der Waals surface area contributed by atoms with Gasteiger partial charge in [-0.3, -0.25) is 0 Å². The lowest BCUT2D eigenvalue weighted by Crippen LogP contribution is -2.16. The van der Waals surface area contributed by atoms with Gasteiger partial charge in [-0.2, -0.15) is 0 Å². The largest absolute Gasteiger partial charge is 0.489 e. The minimum atomic E-state index is -0.0722. The molecule has 0 amide bonds. The Balaban J connectivity index is 1.83. The Morgan fingerprint density at radius 2 is 1.78 bits per heavy atom. The maximum absolute atomic E-state index is 8.50. The Hall–Kier alpha value is -2.97. The van der Waals surface area contributed by atoms with Crippen LogP contribution in [0.4, 0.5) is 0 Å². The van der Waals surface area contributed by atoms with Crippen molar-refractivity contribution in [3.63, 3.8) is 0 Å². The summed E-state index contributed by atoms with van der Waals surface area (Å²) in [5, 5.41) is 6.07. The Kier molecular flexibility index (Phi) is 3.37. The van der Waals surface area contributed by atoms with E-state index < -0.39 is 0 Å². The van der Waals surface area contributed by atoms with Crippen molar-refractivity contribution in [2.24, 2.45) is 5.11 Å². The molecule has 112 valence electrons. The Morgan fingerprint density at radius 3 is 2.70 bits per heavy atom. The van der Waals surface area contributed by atoms with Gasteiger partial charge in [0.05, 0.1) is 6.54 Å². The van der Waals surface area contributed by atoms with Gasteiger partial charge in [-0.25, -0.2) is 0 Å². The lowest BCUT2D eigenvalue weighted by Gasteiger charge is -2.12. The van der Waals surface area contributed by atoms with Crippen molar-refractivity contribution >= 4 is 10.8 Å². The molecule has 1 aliphatic rings. The lowest BCUT2D eigenvalue weighted by molar-refractivity contribution is 0.242. The molecule has 1 aliphatic heterocycles. The van der Waals surface area contributed by atoms with E-state index in [2.05, 4.69) is 64.6 Å². The summed E-state index contributed by atoms with van der Waals surface area (Å²) in [5.74, 6) is 0.919. The number of para-hydroxylation sites is 1. The fourth-order valence-electron chi connectivity index (χ4n) is 3.24. The highest BCUT2D eigenvalue weighted by atomic mass is 16.5. The summed E-state index contributed by atoms with van der Waals surface area (Å²) in [5.41, 5.74) is 11.9. The van der Waals surface area contributed by atoms with Crippen molar-refractivity contribution in [2.45, 2.75) is 12.5 Å². The number of nitrogens with zero attached hydrogens (tertiary/aromatic N) is 3. The molecule has 1 unspecified atom stereocenters. The molecule has 1 heterocycles. The second kappa shape index (κ2) is 5.67. The number of ether oxygens (including phenoxy) is 1. The third kappa shape index (κ3) is 2.39. The van der Waals surface area contributed by atoms with Crippen LogP contribution in [0.2, 0.25) is 0 Å². The molecule has 23 heavy (non-hydrogen) atoms. The first-order chi connectivity index (χ1) is 11.4. The first-order valence-corrected chi connectivity index (χ1v) is 7.64. The van der Waals surface area contributed by atoms with E-state index in [4.69, 9.17) is 10.3 Å². The van der Waals surface area contributed by atoms with Gasteiger partial charge in [-0.05, 0) is 27.4 Å². The predicted molar refractivity (Wildman–Crippen MR) is 91.5 cm³/mol. The molecular formula is C19H15N3O. The first-order valence-electron chi connectivity index (χ1n) is 7.64. The van der Waals surface area contributed by atoms with Crippen molar-refractivity contribution < 1.29 is 4.74 Å². The van der Waals surface area contributed by atoms with E-state index in [-0.39, 0.29) is 6.10 Å². The molecular weight excluding hydrogens is 286 g/mol. The van der Waals surface area contributed by atoms with E-state index in [9.17, 15) is 0 Å². The zero-order valence-electron chi connectivity index (χ0n) is 12.5. The van der Waals surface area contributed by atoms with Crippen LogP contribution in [-0.2, 0) is 6.42 Å². The number of azide groups is 1. The van der Waals surface area contributed by atoms with E-state index in [1.807, 2.05) is 6.07 Å². The zero-order valence-corrected chi connectivity index (χ0v) is 12.5. The summed E-state index contributed by atoms with van der Waals surface area (Å²) in [6, 6.07) is 20.9. The maximum Gasteiger partial charge on any atom is 0.130 e. The minimum absolute atomic E-state index is 0.0722. The second-order valence-electron chi connectivity index (χ2n) is 5.68. The number of benzene rings is 3. The Morgan fingerprint density at radius 1 is 1.00 bits per heavy atom. The highest BCUT2D eigenvalue weighted by molar-refractivity contribution is 5.98. The van der Waals surface area contributed by atoms with Gasteiger partial charge in [0.25, 0.3) is 0 Å². The van der Waals surface area contributed by atoms with Gasteiger partial charge < -0.3 is 4.74 Å². The van der Waals surface area contributed by atoms with Crippen molar-refractivity contribution in [3.05, 3.63) is 76.7 Å². The minimum Gasteiger partial charge on any atom is -0.489 e. The summed E-state index contributed by atoms with van der Waals surface area (Å²) < 4.78 is 6.08. The number of hydrogen-bond acceptors (Lipinski definition) is 2. The molecule has 0 aliphatic carbocycles. The summed E-state index contributed by atoms with van der Waals surface area (Å²) in [7, 11) is 0.